The first-order valence-corrected chi connectivity index (χ1v) is 14.1. The first kappa shape index (κ1) is 24.4. The molecule has 3 heterocycles. The second kappa shape index (κ2) is 10.1. The van der Waals surface area contributed by atoms with Gasteiger partial charge in [0.15, 0.2) is 0 Å². The number of nitrogens with one attached hydrogen (secondary N) is 1. The molecule has 194 valence electrons. The maximum atomic E-state index is 13.3. The van der Waals surface area contributed by atoms with E-state index in [-0.39, 0.29) is 22.6 Å². The van der Waals surface area contributed by atoms with Crippen molar-refractivity contribution in [1.29, 1.82) is 0 Å². The van der Waals surface area contributed by atoms with Crippen LogP contribution < -0.4 is 14.4 Å². The zero-order valence-corrected chi connectivity index (χ0v) is 21.6. The van der Waals surface area contributed by atoms with Crippen LogP contribution in [-0.4, -0.2) is 56.4 Å². The highest BCUT2D eigenvalue weighted by molar-refractivity contribution is 7.87. The Morgan fingerprint density at radius 3 is 2.50 bits per heavy atom. The summed E-state index contributed by atoms with van der Waals surface area (Å²) in [4.78, 5) is 21.8. The van der Waals surface area contributed by atoms with Crippen LogP contribution in [0.2, 0.25) is 0 Å². The van der Waals surface area contributed by atoms with Gasteiger partial charge in [0.2, 0.25) is 5.91 Å². The molecule has 3 aromatic carbocycles. The third-order valence-corrected chi connectivity index (χ3v) is 8.50. The van der Waals surface area contributed by atoms with E-state index >= 15 is 0 Å². The average Bonchev–Trinajstić information content (AvgIpc) is 2.96. The third kappa shape index (κ3) is 4.82. The Labute approximate surface area is 222 Å². The minimum atomic E-state index is -4.08. The smallest absolute Gasteiger partial charge is 0.341 e. The van der Waals surface area contributed by atoms with E-state index in [4.69, 9.17) is 4.18 Å². The summed E-state index contributed by atoms with van der Waals surface area (Å²) >= 11 is 0. The molecule has 8 nitrogen and oxygen atoms in total. The van der Waals surface area contributed by atoms with Crippen molar-refractivity contribution in [2.75, 3.05) is 31.1 Å². The fourth-order valence-corrected chi connectivity index (χ4v) is 6.31. The summed E-state index contributed by atoms with van der Waals surface area (Å²) in [6, 6.07) is 23.8. The quantitative estimate of drug-likeness (QED) is 0.397. The van der Waals surface area contributed by atoms with E-state index in [2.05, 4.69) is 27.3 Å². The zero-order valence-electron chi connectivity index (χ0n) is 20.8. The van der Waals surface area contributed by atoms with Crippen LogP contribution in [0.4, 0.5) is 5.69 Å². The second-order valence-corrected chi connectivity index (χ2v) is 11.1. The molecule has 0 bridgehead atoms. The number of hydrogen-bond acceptors (Lipinski definition) is 7. The van der Waals surface area contributed by atoms with Gasteiger partial charge in [-0.3, -0.25) is 9.78 Å². The van der Waals surface area contributed by atoms with E-state index in [0.717, 1.165) is 29.6 Å². The lowest BCUT2D eigenvalue weighted by Gasteiger charge is -2.38. The van der Waals surface area contributed by atoms with Crippen LogP contribution in [-0.2, 0) is 27.9 Å². The maximum Gasteiger partial charge on any atom is 0.341 e. The van der Waals surface area contributed by atoms with Crippen LogP contribution >= 0.6 is 0 Å². The highest BCUT2D eigenvalue weighted by Crippen LogP contribution is 2.28. The lowest BCUT2D eigenvalue weighted by Crippen LogP contribution is -2.55. The van der Waals surface area contributed by atoms with Gasteiger partial charge in [0.05, 0.1) is 11.6 Å². The van der Waals surface area contributed by atoms with Crippen LogP contribution in [0, 0.1) is 0 Å². The fourth-order valence-electron chi connectivity index (χ4n) is 5.21. The van der Waals surface area contributed by atoms with Crippen LogP contribution in [0.1, 0.15) is 11.1 Å². The Morgan fingerprint density at radius 2 is 1.68 bits per heavy atom. The number of benzene rings is 3. The Balaban J connectivity index is 1.11. The number of rotatable bonds is 5. The number of pyridine rings is 1. The van der Waals surface area contributed by atoms with Gasteiger partial charge in [-0.05, 0) is 53.9 Å². The minimum absolute atomic E-state index is 0.0319. The number of para-hydroxylation sites is 2. The molecule has 38 heavy (non-hydrogen) atoms. The third-order valence-electron chi connectivity index (χ3n) is 7.22. The van der Waals surface area contributed by atoms with Crippen molar-refractivity contribution in [2.24, 2.45) is 0 Å². The average molecular weight is 529 g/mol. The summed E-state index contributed by atoms with van der Waals surface area (Å²) in [5.74, 6) is 0.343. The Morgan fingerprint density at radius 1 is 0.895 bits per heavy atom. The number of amides is 1. The highest BCUT2D eigenvalue weighted by Gasteiger charge is 2.31. The minimum Gasteiger partial charge on any atom is -0.379 e. The summed E-state index contributed by atoms with van der Waals surface area (Å²) < 4.78 is 31.7. The number of carbonyl (C=O) groups is 1. The van der Waals surface area contributed by atoms with Crippen molar-refractivity contribution < 1.29 is 17.4 Å². The largest absolute Gasteiger partial charge is 0.379 e. The van der Waals surface area contributed by atoms with Crippen molar-refractivity contribution in [3.63, 3.8) is 0 Å². The predicted octanol–water partition coefficient (Wildman–Crippen LogP) is 3.37. The molecule has 6 rings (SSSR count). The van der Waals surface area contributed by atoms with Crippen LogP contribution in [0.25, 0.3) is 10.9 Å². The molecule has 0 radical (unpaired) electrons. The molecule has 0 spiro atoms. The number of nitrogens with zero attached hydrogens (tertiary/aromatic N) is 3. The number of hydrogen-bond donors (Lipinski definition) is 1. The predicted molar refractivity (Wildman–Crippen MR) is 146 cm³/mol. The van der Waals surface area contributed by atoms with E-state index < -0.39 is 10.1 Å². The molecule has 1 saturated heterocycles. The molecule has 2 aliphatic rings. The van der Waals surface area contributed by atoms with E-state index in [9.17, 15) is 13.2 Å². The summed E-state index contributed by atoms with van der Waals surface area (Å²) in [5.41, 5.74) is 3.50. The van der Waals surface area contributed by atoms with Gasteiger partial charge in [-0.2, -0.15) is 8.42 Å². The lowest BCUT2D eigenvalue weighted by atomic mass is 9.94. The van der Waals surface area contributed by atoms with E-state index in [1.54, 1.807) is 30.5 Å². The first-order chi connectivity index (χ1) is 18.5. The van der Waals surface area contributed by atoms with Gasteiger partial charge in [0.1, 0.15) is 10.6 Å². The molecule has 1 fully saturated rings. The maximum absolute atomic E-state index is 13.3. The SMILES string of the molecule is O=C([C@@H]1Cc2ccc(OS(=O)(=O)c3cccc4cccnc34)cc2CN1)N1CCN(c2ccccc2)CC1. The molecule has 4 aromatic rings. The molecule has 1 N–H and O–H groups in total. The molecule has 9 heteroatoms. The van der Waals surface area contributed by atoms with Crippen LogP contribution in [0.15, 0.2) is 90.0 Å². The second-order valence-electron chi connectivity index (χ2n) is 9.58. The van der Waals surface area contributed by atoms with Crippen molar-refractivity contribution in [3.8, 4) is 5.75 Å². The van der Waals surface area contributed by atoms with Gasteiger partial charge >= 0.3 is 10.1 Å². The molecule has 0 saturated carbocycles. The Hall–Kier alpha value is -3.95. The number of fused-ring (bicyclic) bond motifs is 2. The standard InChI is InChI=1S/C29H28N4O4S/c34-29(33-16-14-32(15-17-33)24-8-2-1-3-9-24)26-19-22-11-12-25(18-23(22)20-31-26)37-38(35,36)27-10-4-6-21-7-5-13-30-28(21)27/h1-13,18,26,31H,14-17,19-20H2/t26-/m0/s1. The molecule has 0 aliphatic carbocycles. The molecular formula is C29H28N4O4S. The normalized spacial score (nSPS) is 17.7. The zero-order chi connectivity index (χ0) is 26.1. The number of anilines is 1. The topological polar surface area (TPSA) is 91.8 Å². The summed E-state index contributed by atoms with van der Waals surface area (Å²) in [5, 5.41) is 4.07. The van der Waals surface area contributed by atoms with Crippen LogP contribution in [0.3, 0.4) is 0 Å². The van der Waals surface area contributed by atoms with Crippen molar-refractivity contribution >= 4 is 32.6 Å². The van der Waals surface area contributed by atoms with Crippen molar-refractivity contribution in [2.45, 2.75) is 23.9 Å². The Kier molecular flexibility index (Phi) is 6.47. The summed E-state index contributed by atoms with van der Waals surface area (Å²) in [7, 11) is -4.08. The van der Waals surface area contributed by atoms with Gasteiger partial charge in [0.25, 0.3) is 0 Å². The van der Waals surface area contributed by atoms with Gasteiger partial charge < -0.3 is 19.3 Å². The molecule has 2 aliphatic heterocycles. The number of carbonyl (C=O) groups excluding carboxylic acids is 1. The van der Waals surface area contributed by atoms with E-state index in [0.29, 0.717) is 31.6 Å². The lowest BCUT2D eigenvalue weighted by molar-refractivity contribution is -0.134. The molecule has 0 unspecified atom stereocenters. The first-order valence-electron chi connectivity index (χ1n) is 12.7. The van der Waals surface area contributed by atoms with Crippen LogP contribution in [0.5, 0.6) is 5.75 Å². The van der Waals surface area contributed by atoms with Gasteiger partial charge in [0, 0.05) is 50.0 Å². The van der Waals surface area contributed by atoms with E-state index in [1.165, 1.54) is 11.8 Å². The van der Waals surface area contributed by atoms with Gasteiger partial charge in [-0.25, -0.2) is 0 Å². The van der Waals surface area contributed by atoms with Gasteiger partial charge in [-0.1, -0.05) is 42.5 Å². The fraction of sp³-hybridized carbons (Fsp3) is 0.241. The molecular weight excluding hydrogens is 500 g/mol. The molecule has 1 amide bonds. The number of piperazine rings is 1. The van der Waals surface area contributed by atoms with Crippen molar-refractivity contribution in [3.05, 3.63) is 96.2 Å². The van der Waals surface area contributed by atoms with Gasteiger partial charge in [-0.15, -0.1) is 0 Å². The van der Waals surface area contributed by atoms with Crippen molar-refractivity contribution in [1.82, 2.24) is 15.2 Å². The summed E-state index contributed by atoms with van der Waals surface area (Å²) in [6.45, 7) is 3.45. The van der Waals surface area contributed by atoms with E-state index in [1.807, 2.05) is 41.3 Å². The molecule has 1 atom stereocenters. The molecule has 1 aromatic heterocycles. The monoisotopic (exact) mass is 528 g/mol. The summed E-state index contributed by atoms with van der Waals surface area (Å²) in [6.07, 6.45) is 2.11. The Bertz CT molecular complexity index is 1580. The number of aromatic nitrogens is 1. The highest BCUT2D eigenvalue weighted by atomic mass is 32.2.